The van der Waals surface area contributed by atoms with Gasteiger partial charge in [-0.1, -0.05) is 45.4 Å². The Morgan fingerprint density at radius 1 is 1.21 bits per heavy atom. The Hall–Kier alpha value is -0.570. The van der Waals surface area contributed by atoms with Crippen LogP contribution >= 0.6 is 0 Å². The fourth-order valence-corrected chi connectivity index (χ4v) is 1.52. The lowest BCUT2D eigenvalue weighted by atomic mass is 10.1. The van der Waals surface area contributed by atoms with E-state index in [-0.39, 0.29) is 6.04 Å². The number of carboxylic acids is 1. The molecule has 0 heterocycles. The molecule has 0 aliphatic carbocycles. The van der Waals surface area contributed by atoms with Gasteiger partial charge in [0.2, 0.25) is 0 Å². The van der Waals surface area contributed by atoms with E-state index in [1.807, 2.05) is 0 Å². The number of nitrogens with one attached hydrogen (secondary N) is 1. The molecule has 0 aliphatic rings. The Morgan fingerprint density at radius 2 is 1.79 bits per heavy atom. The van der Waals surface area contributed by atoms with Crippen LogP contribution in [-0.4, -0.2) is 24.2 Å². The lowest BCUT2D eigenvalue weighted by Gasteiger charge is -2.10. The topological polar surface area (TPSA) is 49.3 Å². The summed E-state index contributed by atoms with van der Waals surface area (Å²) < 4.78 is 0. The number of rotatable bonds is 9. The van der Waals surface area contributed by atoms with Crippen LogP contribution in [0.3, 0.4) is 0 Å². The molecule has 0 aromatic carbocycles. The van der Waals surface area contributed by atoms with Crippen molar-refractivity contribution in [2.75, 3.05) is 7.05 Å². The van der Waals surface area contributed by atoms with Gasteiger partial charge >= 0.3 is 5.97 Å². The van der Waals surface area contributed by atoms with Gasteiger partial charge in [0.15, 0.2) is 0 Å². The Kier molecular flexibility index (Phi) is 8.64. The first-order valence-electron chi connectivity index (χ1n) is 5.62. The highest BCUT2D eigenvalue weighted by atomic mass is 16.4. The molecule has 84 valence electrons. The van der Waals surface area contributed by atoms with Crippen molar-refractivity contribution in [2.45, 2.75) is 57.9 Å². The van der Waals surface area contributed by atoms with Crippen molar-refractivity contribution < 1.29 is 9.90 Å². The van der Waals surface area contributed by atoms with Crippen LogP contribution in [0.1, 0.15) is 51.9 Å². The van der Waals surface area contributed by atoms with Gasteiger partial charge in [0.25, 0.3) is 0 Å². The molecular weight excluding hydrogens is 178 g/mol. The first kappa shape index (κ1) is 13.4. The summed E-state index contributed by atoms with van der Waals surface area (Å²) >= 11 is 0. The van der Waals surface area contributed by atoms with Crippen LogP contribution in [0.2, 0.25) is 0 Å². The third-order valence-corrected chi connectivity index (χ3v) is 2.49. The average molecular weight is 201 g/mol. The van der Waals surface area contributed by atoms with Gasteiger partial charge < -0.3 is 10.4 Å². The maximum Gasteiger partial charge on any atom is 0.320 e. The number of carbonyl (C=O) groups is 1. The van der Waals surface area contributed by atoms with Crippen molar-refractivity contribution in [1.29, 1.82) is 0 Å². The number of unbranched alkanes of at least 4 members (excludes halogenated alkanes) is 5. The Balaban J connectivity index is 3.29. The van der Waals surface area contributed by atoms with Gasteiger partial charge in [-0.3, -0.25) is 4.79 Å². The number of likely N-dealkylation sites (N-methyl/N-ethyl adjacent to an activating group) is 1. The summed E-state index contributed by atoms with van der Waals surface area (Å²) in [6, 6.07) is -0.360. The summed E-state index contributed by atoms with van der Waals surface area (Å²) in [6.45, 7) is 2.20. The van der Waals surface area contributed by atoms with Crippen molar-refractivity contribution >= 4 is 5.97 Å². The maximum absolute atomic E-state index is 10.6. The molecule has 0 saturated heterocycles. The van der Waals surface area contributed by atoms with Crippen LogP contribution in [0, 0.1) is 0 Å². The quantitative estimate of drug-likeness (QED) is 0.563. The molecule has 3 nitrogen and oxygen atoms in total. The Bertz CT molecular complexity index is 148. The van der Waals surface area contributed by atoms with E-state index in [1.165, 1.54) is 25.7 Å². The summed E-state index contributed by atoms with van der Waals surface area (Å²) in [6.07, 6.45) is 8.01. The van der Waals surface area contributed by atoms with Crippen molar-refractivity contribution in [2.24, 2.45) is 0 Å². The fourth-order valence-electron chi connectivity index (χ4n) is 1.52. The zero-order valence-electron chi connectivity index (χ0n) is 9.38. The smallest absolute Gasteiger partial charge is 0.320 e. The molecule has 0 rings (SSSR count). The Morgan fingerprint density at radius 3 is 2.29 bits per heavy atom. The second-order valence-corrected chi connectivity index (χ2v) is 3.74. The molecule has 0 radical (unpaired) electrons. The lowest BCUT2D eigenvalue weighted by molar-refractivity contribution is -0.139. The van der Waals surface area contributed by atoms with E-state index >= 15 is 0 Å². The first-order chi connectivity index (χ1) is 6.72. The molecule has 0 aromatic rings. The van der Waals surface area contributed by atoms with Crippen LogP contribution in [0.4, 0.5) is 0 Å². The van der Waals surface area contributed by atoms with Crippen molar-refractivity contribution in [3.05, 3.63) is 0 Å². The van der Waals surface area contributed by atoms with Crippen molar-refractivity contribution in [1.82, 2.24) is 5.32 Å². The molecule has 0 spiro atoms. The SMILES string of the molecule is CCCCCCCCC(NC)C(=O)O. The molecule has 0 saturated carbocycles. The standard InChI is InChI=1S/C11H23NO2/c1-3-4-5-6-7-8-9-10(12-2)11(13)14/h10,12H,3-9H2,1-2H3,(H,13,14). The molecule has 0 fully saturated rings. The van der Waals surface area contributed by atoms with Gasteiger partial charge in [0.05, 0.1) is 0 Å². The second-order valence-electron chi connectivity index (χ2n) is 3.74. The second kappa shape index (κ2) is 9.00. The third kappa shape index (κ3) is 6.89. The minimum atomic E-state index is -0.735. The summed E-state index contributed by atoms with van der Waals surface area (Å²) in [5, 5.41) is 11.6. The number of carboxylic acid groups (broad SMARTS) is 1. The van der Waals surface area contributed by atoms with Gasteiger partial charge in [-0.25, -0.2) is 0 Å². The highest BCUT2D eigenvalue weighted by Gasteiger charge is 2.13. The molecule has 0 amide bonds. The van der Waals surface area contributed by atoms with E-state index in [2.05, 4.69) is 12.2 Å². The first-order valence-corrected chi connectivity index (χ1v) is 5.62. The fraction of sp³-hybridized carbons (Fsp3) is 0.909. The normalized spacial score (nSPS) is 12.7. The van der Waals surface area contributed by atoms with E-state index < -0.39 is 5.97 Å². The van der Waals surface area contributed by atoms with E-state index in [1.54, 1.807) is 7.05 Å². The largest absolute Gasteiger partial charge is 0.480 e. The predicted molar refractivity (Wildman–Crippen MR) is 58.5 cm³/mol. The van der Waals surface area contributed by atoms with Crippen LogP contribution < -0.4 is 5.32 Å². The van der Waals surface area contributed by atoms with E-state index in [4.69, 9.17) is 5.11 Å². The zero-order valence-corrected chi connectivity index (χ0v) is 9.38. The third-order valence-electron chi connectivity index (χ3n) is 2.49. The average Bonchev–Trinajstić information content (AvgIpc) is 2.16. The molecule has 1 unspecified atom stereocenters. The van der Waals surface area contributed by atoms with Gasteiger partial charge in [0, 0.05) is 0 Å². The molecule has 14 heavy (non-hydrogen) atoms. The number of hydrogen-bond donors (Lipinski definition) is 2. The van der Waals surface area contributed by atoms with Gasteiger partial charge in [-0.15, -0.1) is 0 Å². The van der Waals surface area contributed by atoms with E-state index in [9.17, 15) is 4.79 Å². The van der Waals surface area contributed by atoms with Crippen LogP contribution in [0.25, 0.3) is 0 Å². The predicted octanol–water partition coefficient (Wildman–Crippen LogP) is 2.41. The molecule has 3 heteroatoms. The highest BCUT2D eigenvalue weighted by Crippen LogP contribution is 2.08. The monoisotopic (exact) mass is 201 g/mol. The maximum atomic E-state index is 10.6. The van der Waals surface area contributed by atoms with Gasteiger partial charge in [-0.05, 0) is 13.5 Å². The summed E-state index contributed by atoms with van der Waals surface area (Å²) in [7, 11) is 1.70. The minimum Gasteiger partial charge on any atom is -0.480 e. The summed E-state index contributed by atoms with van der Waals surface area (Å²) in [4.78, 5) is 10.6. The van der Waals surface area contributed by atoms with Crippen LogP contribution in [0.5, 0.6) is 0 Å². The summed E-state index contributed by atoms with van der Waals surface area (Å²) in [5.41, 5.74) is 0. The minimum absolute atomic E-state index is 0.360. The van der Waals surface area contributed by atoms with Gasteiger partial charge in [0.1, 0.15) is 6.04 Å². The molecule has 0 aliphatic heterocycles. The van der Waals surface area contributed by atoms with E-state index in [0.29, 0.717) is 0 Å². The van der Waals surface area contributed by atoms with Crippen molar-refractivity contribution in [3.63, 3.8) is 0 Å². The zero-order chi connectivity index (χ0) is 10.8. The number of aliphatic carboxylic acids is 1. The van der Waals surface area contributed by atoms with Crippen LogP contribution in [-0.2, 0) is 4.79 Å². The molecule has 1 atom stereocenters. The molecule has 0 aromatic heterocycles. The number of hydrogen-bond acceptors (Lipinski definition) is 2. The summed E-state index contributed by atoms with van der Waals surface area (Å²) in [5.74, 6) is -0.735. The molecular formula is C11H23NO2. The molecule has 2 N–H and O–H groups in total. The Labute approximate surface area is 86.9 Å². The van der Waals surface area contributed by atoms with Gasteiger partial charge in [-0.2, -0.15) is 0 Å². The van der Waals surface area contributed by atoms with Crippen LogP contribution in [0.15, 0.2) is 0 Å². The van der Waals surface area contributed by atoms with Crippen molar-refractivity contribution in [3.8, 4) is 0 Å². The van der Waals surface area contributed by atoms with E-state index in [0.717, 1.165) is 19.3 Å². The lowest BCUT2D eigenvalue weighted by Crippen LogP contribution is -2.33. The highest BCUT2D eigenvalue weighted by molar-refractivity contribution is 5.73. The molecule has 0 bridgehead atoms.